The predicted octanol–water partition coefficient (Wildman–Crippen LogP) is 7.11. The number of aromatic nitrogens is 2. The maximum absolute atomic E-state index is 6.27. The quantitative estimate of drug-likeness (QED) is 0.292. The van der Waals surface area contributed by atoms with Crippen molar-refractivity contribution >= 4 is 22.1 Å². The zero-order valence-corrected chi connectivity index (χ0v) is 18.6. The van der Waals surface area contributed by atoms with Gasteiger partial charge in [0.15, 0.2) is 11.8 Å². The van der Waals surface area contributed by atoms with Crippen LogP contribution >= 0.6 is 0 Å². The van der Waals surface area contributed by atoms with Crippen LogP contribution in [-0.2, 0) is 7.05 Å². The van der Waals surface area contributed by atoms with Crippen LogP contribution in [0.3, 0.4) is 0 Å². The van der Waals surface area contributed by atoms with Crippen LogP contribution in [0.4, 0.5) is 0 Å². The first-order valence-corrected chi connectivity index (χ1v) is 11.6. The molecule has 0 atom stereocenters. The van der Waals surface area contributed by atoms with E-state index in [-0.39, 0.29) is 0 Å². The Balaban J connectivity index is 1.48. The Morgan fingerprint density at radius 1 is 0.906 bits per heavy atom. The molecule has 3 nitrogen and oxygen atoms in total. The Labute approximate surface area is 188 Å². The number of benzene rings is 2. The van der Waals surface area contributed by atoms with E-state index in [0.717, 1.165) is 33.5 Å². The van der Waals surface area contributed by atoms with Crippen molar-refractivity contribution in [2.75, 3.05) is 0 Å². The van der Waals surface area contributed by atoms with E-state index in [4.69, 9.17) is 4.42 Å². The molecule has 1 aliphatic rings. The molecule has 0 amide bonds. The maximum atomic E-state index is 6.27. The normalized spacial score (nSPS) is 14.6. The van der Waals surface area contributed by atoms with Crippen molar-refractivity contribution in [3.8, 4) is 22.4 Å². The highest BCUT2D eigenvalue weighted by molar-refractivity contribution is 6.08. The summed E-state index contributed by atoms with van der Waals surface area (Å²) in [6.07, 6.45) is 9.34. The highest BCUT2D eigenvalue weighted by atomic mass is 16.3. The maximum Gasteiger partial charge on any atom is 0.227 e. The summed E-state index contributed by atoms with van der Waals surface area (Å²) in [7, 11) is 2.10. The minimum absolute atomic E-state index is 0.690. The van der Waals surface area contributed by atoms with Crippen LogP contribution in [0.2, 0.25) is 0 Å². The van der Waals surface area contributed by atoms with Gasteiger partial charge in [-0.15, -0.1) is 0 Å². The molecule has 0 aliphatic heterocycles. The lowest BCUT2D eigenvalue weighted by Gasteiger charge is -2.11. The van der Waals surface area contributed by atoms with Gasteiger partial charge in [0.05, 0.1) is 5.56 Å². The Kier molecular flexibility index (Phi) is 4.57. The molecule has 0 saturated heterocycles. The van der Waals surface area contributed by atoms with Crippen molar-refractivity contribution in [2.24, 2.45) is 7.05 Å². The number of hydrogen-bond acceptors (Lipinski definition) is 2. The van der Waals surface area contributed by atoms with Gasteiger partial charge in [-0.05, 0) is 60.1 Å². The van der Waals surface area contributed by atoms with Gasteiger partial charge in [-0.1, -0.05) is 49.2 Å². The van der Waals surface area contributed by atoms with Gasteiger partial charge < -0.3 is 4.42 Å². The van der Waals surface area contributed by atoms with Crippen molar-refractivity contribution in [1.29, 1.82) is 0 Å². The van der Waals surface area contributed by atoms with Crippen LogP contribution < -0.4 is 4.57 Å². The third kappa shape index (κ3) is 3.12. The van der Waals surface area contributed by atoms with Gasteiger partial charge in [0.2, 0.25) is 11.4 Å². The number of nitrogens with zero attached hydrogens (tertiary/aromatic N) is 2. The van der Waals surface area contributed by atoms with Gasteiger partial charge >= 0.3 is 0 Å². The molecule has 0 radical (unpaired) electrons. The minimum atomic E-state index is 0.690. The zero-order valence-electron chi connectivity index (χ0n) is 18.6. The lowest BCUT2D eigenvalue weighted by atomic mass is 9.94. The van der Waals surface area contributed by atoms with Crippen molar-refractivity contribution in [1.82, 2.24) is 4.98 Å². The number of furan rings is 1. The number of pyridine rings is 2. The summed E-state index contributed by atoms with van der Waals surface area (Å²) in [6.45, 7) is 2.15. The van der Waals surface area contributed by atoms with Crippen molar-refractivity contribution in [3.05, 3.63) is 84.2 Å². The first kappa shape index (κ1) is 19.2. The molecule has 0 bridgehead atoms. The van der Waals surface area contributed by atoms with Gasteiger partial charge in [-0.2, -0.15) is 0 Å². The fourth-order valence-corrected chi connectivity index (χ4v) is 5.30. The molecule has 0 N–H and O–H groups in total. The molecular formula is C29H27N2O+. The molecule has 5 aromatic rings. The van der Waals surface area contributed by atoms with E-state index in [1.165, 1.54) is 47.9 Å². The molecule has 0 spiro atoms. The van der Waals surface area contributed by atoms with E-state index in [9.17, 15) is 0 Å². The first-order valence-electron chi connectivity index (χ1n) is 11.6. The summed E-state index contributed by atoms with van der Waals surface area (Å²) in [6, 6.07) is 22.1. The van der Waals surface area contributed by atoms with Gasteiger partial charge in [-0.3, -0.25) is 0 Å². The van der Waals surface area contributed by atoms with Crippen molar-refractivity contribution in [2.45, 2.75) is 38.5 Å². The summed E-state index contributed by atoms with van der Waals surface area (Å²) in [5.74, 6) is 0.745. The smallest absolute Gasteiger partial charge is 0.227 e. The lowest BCUT2D eigenvalue weighted by molar-refractivity contribution is -0.660. The Morgan fingerprint density at radius 2 is 1.72 bits per heavy atom. The molecule has 158 valence electrons. The van der Waals surface area contributed by atoms with Gasteiger partial charge in [-0.25, -0.2) is 9.55 Å². The van der Waals surface area contributed by atoms with Crippen LogP contribution in [0.15, 0.2) is 77.5 Å². The first-order chi connectivity index (χ1) is 15.7. The molecule has 3 heteroatoms. The highest BCUT2D eigenvalue weighted by Crippen LogP contribution is 2.38. The van der Waals surface area contributed by atoms with E-state index in [1.807, 2.05) is 6.07 Å². The van der Waals surface area contributed by atoms with Gasteiger partial charge in [0.25, 0.3) is 0 Å². The third-order valence-corrected chi connectivity index (χ3v) is 7.10. The number of fused-ring (bicyclic) bond motifs is 3. The van der Waals surface area contributed by atoms with Crippen LogP contribution in [0, 0.1) is 6.92 Å². The van der Waals surface area contributed by atoms with Gasteiger partial charge in [0, 0.05) is 29.1 Å². The Bertz CT molecular complexity index is 1440. The van der Waals surface area contributed by atoms with E-state index < -0.39 is 0 Å². The lowest BCUT2D eigenvalue weighted by Crippen LogP contribution is -2.30. The molecular weight excluding hydrogens is 392 g/mol. The van der Waals surface area contributed by atoms with E-state index in [0.29, 0.717) is 5.71 Å². The Hall–Kier alpha value is -3.46. The highest BCUT2D eigenvalue weighted by Gasteiger charge is 2.22. The average Bonchev–Trinajstić information content (AvgIpc) is 3.48. The SMILES string of the molecule is Cc1ccc2c(oc3ncccc32)c1-c1cc(-c2ccc(C3CCCC3)cc2)cc[n+]1C. The molecule has 32 heavy (non-hydrogen) atoms. The number of rotatable bonds is 3. The predicted molar refractivity (Wildman–Crippen MR) is 130 cm³/mol. The topological polar surface area (TPSA) is 29.9 Å². The summed E-state index contributed by atoms with van der Waals surface area (Å²) in [4.78, 5) is 4.44. The molecule has 2 aromatic carbocycles. The number of hydrogen-bond donors (Lipinski definition) is 0. The Morgan fingerprint density at radius 3 is 2.53 bits per heavy atom. The van der Waals surface area contributed by atoms with Gasteiger partial charge in [0.1, 0.15) is 7.05 Å². The fraction of sp³-hybridized carbons (Fsp3) is 0.241. The second-order valence-electron chi connectivity index (χ2n) is 9.11. The molecule has 1 aliphatic carbocycles. The second kappa shape index (κ2) is 7.59. The van der Waals surface area contributed by atoms with Crippen LogP contribution in [0.1, 0.15) is 42.7 Å². The van der Waals surface area contributed by atoms with E-state index >= 15 is 0 Å². The van der Waals surface area contributed by atoms with Crippen molar-refractivity contribution < 1.29 is 8.98 Å². The molecule has 3 aromatic heterocycles. The average molecular weight is 420 g/mol. The summed E-state index contributed by atoms with van der Waals surface area (Å²) in [5.41, 5.74) is 9.03. The second-order valence-corrected chi connectivity index (χ2v) is 9.11. The molecule has 3 heterocycles. The van der Waals surface area contributed by atoms with E-state index in [2.05, 4.69) is 84.3 Å². The zero-order chi connectivity index (χ0) is 21.7. The van der Waals surface area contributed by atoms with Crippen LogP contribution in [-0.4, -0.2) is 4.98 Å². The molecule has 1 fully saturated rings. The molecule has 1 saturated carbocycles. The third-order valence-electron chi connectivity index (χ3n) is 7.10. The largest absolute Gasteiger partial charge is 0.437 e. The minimum Gasteiger partial charge on any atom is -0.437 e. The summed E-state index contributed by atoms with van der Waals surface area (Å²) in [5, 5.41) is 2.17. The molecule has 6 rings (SSSR count). The monoisotopic (exact) mass is 419 g/mol. The van der Waals surface area contributed by atoms with Crippen molar-refractivity contribution in [3.63, 3.8) is 0 Å². The summed E-state index contributed by atoms with van der Waals surface area (Å²) < 4.78 is 8.45. The van der Waals surface area contributed by atoms with Crippen LogP contribution in [0.5, 0.6) is 0 Å². The van der Waals surface area contributed by atoms with Crippen LogP contribution in [0.25, 0.3) is 44.5 Å². The fourth-order valence-electron chi connectivity index (χ4n) is 5.30. The number of aryl methyl sites for hydroxylation is 2. The standard InChI is InChI=1S/C29H27N2O/c1-19-9-14-24-25-8-5-16-30-29(25)32-28(24)27(19)26-18-23(15-17-31(26)2)22-12-10-21(11-13-22)20-6-3-4-7-20/h5,8-18,20H,3-4,6-7H2,1-2H3/q+1. The summed E-state index contributed by atoms with van der Waals surface area (Å²) >= 11 is 0. The molecule has 0 unspecified atom stereocenters. The van der Waals surface area contributed by atoms with E-state index in [1.54, 1.807) is 6.20 Å².